The van der Waals surface area contributed by atoms with E-state index in [-0.39, 0.29) is 17.0 Å². The Morgan fingerprint density at radius 1 is 1.05 bits per heavy atom. The first-order valence-electron chi connectivity index (χ1n) is 7.59. The lowest BCUT2D eigenvalue weighted by molar-refractivity contribution is -0.150. The molecule has 20 heavy (non-hydrogen) atoms. The number of fused-ring (bicyclic) bond motifs is 3. The van der Waals surface area contributed by atoms with Gasteiger partial charge in [0.25, 0.3) is 0 Å². The van der Waals surface area contributed by atoms with E-state index in [2.05, 4.69) is 13.8 Å². The van der Waals surface area contributed by atoms with Crippen molar-refractivity contribution in [1.82, 2.24) is 0 Å². The summed E-state index contributed by atoms with van der Waals surface area (Å²) in [5, 5.41) is 10.5. The maximum Gasteiger partial charge on any atom is 0.159 e. The Labute approximate surface area is 120 Å². The molecule has 0 aromatic rings. The number of carbonyl (C=O) groups is 2. The van der Waals surface area contributed by atoms with Crippen molar-refractivity contribution in [3.05, 3.63) is 11.1 Å². The van der Waals surface area contributed by atoms with E-state index in [1.165, 1.54) is 0 Å². The molecule has 0 aromatic carbocycles. The summed E-state index contributed by atoms with van der Waals surface area (Å²) in [4.78, 5) is 25.3. The fraction of sp³-hybridized carbons (Fsp3) is 0.765. The molecule has 110 valence electrons. The molecule has 3 atom stereocenters. The molecule has 0 spiro atoms. The third-order valence-electron chi connectivity index (χ3n) is 5.81. The van der Waals surface area contributed by atoms with Gasteiger partial charge in [0, 0.05) is 11.8 Å². The molecular formula is C17H24O3. The van der Waals surface area contributed by atoms with Gasteiger partial charge in [-0.05, 0) is 56.1 Å². The van der Waals surface area contributed by atoms with Gasteiger partial charge in [0.1, 0.15) is 5.78 Å². The van der Waals surface area contributed by atoms with Crippen LogP contribution < -0.4 is 0 Å². The standard InChI is InChI=1S/C17H24O3/c1-15(2)8-12-10(13(18)9-15)7-11-14(19)16(12,3)5-6-17(11,4)20/h11,20H,5-9H2,1-4H3. The van der Waals surface area contributed by atoms with Gasteiger partial charge in [-0.3, -0.25) is 9.59 Å². The van der Waals surface area contributed by atoms with Gasteiger partial charge in [0.2, 0.25) is 0 Å². The zero-order valence-corrected chi connectivity index (χ0v) is 12.9. The first-order chi connectivity index (χ1) is 9.07. The molecule has 0 amide bonds. The maximum atomic E-state index is 12.8. The highest BCUT2D eigenvalue weighted by Gasteiger charge is 2.57. The van der Waals surface area contributed by atoms with Crippen LogP contribution >= 0.6 is 0 Å². The summed E-state index contributed by atoms with van der Waals surface area (Å²) in [6, 6.07) is 0. The molecule has 0 aromatic heterocycles. The maximum absolute atomic E-state index is 12.8. The van der Waals surface area contributed by atoms with Crippen LogP contribution in [0, 0.1) is 16.7 Å². The minimum absolute atomic E-state index is 0.0496. The van der Waals surface area contributed by atoms with E-state index >= 15 is 0 Å². The number of allylic oxidation sites excluding steroid dienone is 2. The van der Waals surface area contributed by atoms with Crippen LogP contribution in [0.5, 0.6) is 0 Å². The molecule has 1 N–H and O–H groups in total. The molecule has 3 unspecified atom stereocenters. The summed E-state index contributed by atoms with van der Waals surface area (Å²) >= 11 is 0. The number of Topliss-reactive ketones (excluding diaryl/α,β-unsaturated/α-hetero) is 2. The highest BCUT2D eigenvalue weighted by atomic mass is 16.3. The first-order valence-corrected chi connectivity index (χ1v) is 7.59. The molecule has 3 aliphatic carbocycles. The highest BCUT2D eigenvalue weighted by Crippen LogP contribution is 2.57. The smallest absolute Gasteiger partial charge is 0.159 e. The molecule has 0 radical (unpaired) electrons. The molecule has 1 fully saturated rings. The van der Waals surface area contributed by atoms with Gasteiger partial charge in [-0.2, -0.15) is 0 Å². The van der Waals surface area contributed by atoms with Crippen molar-refractivity contribution in [3.8, 4) is 0 Å². The lowest BCUT2D eigenvalue weighted by atomic mass is 9.51. The predicted molar refractivity (Wildman–Crippen MR) is 76.1 cm³/mol. The molecule has 0 heterocycles. The van der Waals surface area contributed by atoms with Crippen molar-refractivity contribution in [1.29, 1.82) is 0 Å². The molecule has 0 aliphatic heterocycles. The van der Waals surface area contributed by atoms with E-state index in [1.54, 1.807) is 6.92 Å². The Morgan fingerprint density at radius 2 is 1.70 bits per heavy atom. The van der Waals surface area contributed by atoms with E-state index in [0.717, 1.165) is 17.6 Å². The second kappa shape index (κ2) is 3.82. The number of aliphatic hydroxyl groups is 1. The fourth-order valence-electron chi connectivity index (χ4n) is 4.41. The number of ketones is 2. The average molecular weight is 276 g/mol. The van der Waals surface area contributed by atoms with Gasteiger partial charge in [-0.25, -0.2) is 0 Å². The zero-order chi connectivity index (χ0) is 14.9. The predicted octanol–water partition coefficient (Wildman–Crippen LogP) is 2.81. The quantitative estimate of drug-likeness (QED) is 0.740. The Morgan fingerprint density at radius 3 is 2.35 bits per heavy atom. The molecule has 0 saturated heterocycles. The van der Waals surface area contributed by atoms with Crippen molar-refractivity contribution < 1.29 is 14.7 Å². The average Bonchev–Trinajstić information content (AvgIpc) is 2.29. The second-order valence-corrected chi connectivity index (χ2v) is 8.21. The van der Waals surface area contributed by atoms with Crippen molar-refractivity contribution in [2.75, 3.05) is 0 Å². The van der Waals surface area contributed by atoms with Crippen molar-refractivity contribution in [2.45, 2.75) is 65.4 Å². The van der Waals surface area contributed by atoms with Gasteiger partial charge < -0.3 is 5.11 Å². The third-order valence-corrected chi connectivity index (χ3v) is 5.81. The molecular weight excluding hydrogens is 252 g/mol. The van der Waals surface area contributed by atoms with Crippen LogP contribution in [0.25, 0.3) is 0 Å². The van der Waals surface area contributed by atoms with Crippen LogP contribution in [0.15, 0.2) is 11.1 Å². The summed E-state index contributed by atoms with van der Waals surface area (Å²) in [6.45, 7) is 7.94. The SMILES string of the molecule is CC1(C)CC(=O)C2=C(C1)C1(C)CCC(C)(O)C(C2)C1=O. The number of hydrogen-bond acceptors (Lipinski definition) is 3. The van der Waals surface area contributed by atoms with Gasteiger partial charge in [-0.15, -0.1) is 0 Å². The summed E-state index contributed by atoms with van der Waals surface area (Å²) in [6.07, 6.45) is 3.16. The van der Waals surface area contributed by atoms with E-state index in [0.29, 0.717) is 25.7 Å². The van der Waals surface area contributed by atoms with Gasteiger partial charge >= 0.3 is 0 Å². The molecule has 3 rings (SSSR count). The Hall–Kier alpha value is -0.960. The number of rotatable bonds is 0. The number of carbonyl (C=O) groups excluding carboxylic acids is 2. The second-order valence-electron chi connectivity index (χ2n) is 8.21. The normalized spacial score (nSPS) is 43.5. The minimum Gasteiger partial charge on any atom is -0.389 e. The van der Waals surface area contributed by atoms with Crippen molar-refractivity contribution >= 4 is 11.6 Å². The van der Waals surface area contributed by atoms with Crippen molar-refractivity contribution in [3.63, 3.8) is 0 Å². The topological polar surface area (TPSA) is 54.4 Å². The number of hydrogen-bond donors (Lipinski definition) is 1. The lowest BCUT2D eigenvalue weighted by Crippen LogP contribution is -2.56. The van der Waals surface area contributed by atoms with Crippen LogP contribution in [0.3, 0.4) is 0 Å². The minimum atomic E-state index is -0.956. The summed E-state index contributed by atoms with van der Waals surface area (Å²) < 4.78 is 0. The van der Waals surface area contributed by atoms with Crippen LogP contribution in [-0.2, 0) is 9.59 Å². The third kappa shape index (κ3) is 1.75. The van der Waals surface area contributed by atoms with Gasteiger partial charge in [0.15, 0.2) is 5.78 Å². The van der Waals surface area contributed by atoms with Crippen LogP contribution in [0.4, 0.5) is 0 Å². The zero-order valence-electron chi connectivity index (χ0n) is 12.9. The Balaban J connectivity index is 2.15. The molecule has 3 nitrogen and oxygen atoms in total. The molecule has 1 saturated carbocycles. The van der Waals surface area contributed by atoms with E-state index in [4.69, 9.17) is 0 Å². The summed E-state index contributed by atoms with van der Waals surface area (Å²) in [5.41, 5.74) is 0.411. The molecule has 3 aliphatic rings. The van der Waals surface area contributed by atoms with E-state index in [1.807, 2.05) is 6.92 Å². The van der Waals surface area contributed by atoms with Gasteiger partial charge in [0.05, 0.1) is 11.5 Å². The molecule has 3 heteroatoms. The van der Waals surface area contributed by atoms with Crippen LogP contribution in [0.1, 0.15) is 59.8 Å². The lowest BCUT2D eigenvalue weighted by Gasteiger charge is -2.52. The van der Waals surface area contributed by atoms with E-state index < -0.39 is 16.9 Å². The fourth-order valence-corrected chi connectivity index (χ4v) is 4.41. The monoisotopic (exact) mass is 276 g/mol. The highest BCUT2D eigenvalue weighted by molar-refractivity contribution is 6.04. The largest absolute Gasteiger partial charge is 0.389 e. The summed E-state index contributed by atoms with van der Waals surface area (Å²) in [7, 11) is 0. The Bertz CT molecular complexity index is 538. The van der Waals surface area contributed by atoms with Gasteiger partial charge in [-0.1, -0.05) is 13.8 Å². The first kappa shape index (κ1) is 14.0. The molecule has 2 bridgehead atoms. The van der Waals surface area contributed by atoms with Crippen LogP contribution in [-0.4, -0.2) is 22.3 Å². The van der Waals surface area contributed by atoms with Crippen LogP contribution in [0.2, 0.25) is 0 Å². The Kier molecular flexibility index (Phi) is 2.67. The van der Waals surface area contributed by atoms with E-state index in [9.17, 15) is 14.7 Å². The van der Waals surface area contributed by atoms with Crippen molar-refractivity contribution in [2.24, 2.45) is 16.7 Å². The summed E-state index contributed by atoms with van der Waals surface area (Å²) in [5.74, 6) is -0.0548.